The lowest BCUT2D eigenvalue weighted by molar-refractivity contribution is 0.599. The molecule has 2 rings (SSSR count). The van der Waals surface area contributed by atoms with Gasteiger partial charge in [0.25, 0.3) is 0 Å². The first-order valence-electron chi connectivity index (χ1n) is 4.63. The van der Waals surface area contributed by atoms with Crippen LogP contribution < -0.4 is 0 Å². The Morgan fingerprint density at radius 3 is 2.80 bits per heavy atom. The Balaban J connectivity index is 2.17. The number of rotatable bonds is 3. The third-order valence-corrected chi connectivity index (χ3v) is 2.42. The van der Waals surface area contributed by atoms with Crippen molar-refractivity contribution in [3.05, 3.63) is 29.3 Å². The molecular formula is C9H12ClN5. The Labute approximate surface area is 92.7 Å². The van der Waals surface area contributed by atoms with Crippen molar-refractivity contribution in [1.82, 2.24) is 24.8 Å². The van der Waals surface area contributed by atoms with E-state index in [-0.39, 0.29) is 0 Å². The highest BCUT2D eigenvalue weighted by atomic mass is 35.5. The highest BCUT2D eigenvalue weighted by Crippen LogP contribution is 2.05. The van der Waals surface area contributed by atoms with E-state index in [4.69, 9.17) is 11.6 Å². The molecule has 0 aliphatic heterocycles. The van der Waals surface area contributed by atoms with Crippen molar-refractivity contribution in [2.45, 2.75) is 19.3 Å². The molecule has 0 aromatic carbocycles. The Kier molecular flexibility index (Phi) is 2.73. The van der Waals surface area contributed by atoms with Crippen molar-refractivity contribution in [3.63, 3.8) is 0 Å². The number of aryl methyl sites for hydroxylation is 2. The lowest BCUT2D eigenvalue weighted by Gasteiger charge is -2.00. The van der Waals surface area contributed by atoms with Crippen LogP contribution >= 0.6 is 11.6 Å². The number of hydrogen-bond acceptors (Lipinski definition) is 3. The van der Waals surface area contributed by atoms with Gasteiger partial charge in [0.15, 0.2) is 0 Å². The summed E-state index contributed by atoms with van der Waals surface area (Å²) in [5.41, 5.74) is 2.89. The topological polar surface area (TPSA) is 48.5 Å². The normalized spacial score (nSPS) is 10.9. The summed E-state index contributed by atoms with van der Waals surface area (Å²) in [6.45, 7) is 2.64. The van der Waals surface area contributed by atoms with Gasteiger partial charge in [0.05, 0.1) is 35.7 Å². The molecule has 0 saturated heterocycles. The van der Waals surface area contributed by atoms with Gasteiger partial charge in [-0.05, 0) is 13.0 Å². The van der Waals surface area contributed by atoms with Crippen LogP contribution in [0.2, 0.25) is 0 Å². The summed E-state index contributed by atoms with van der Waals surface area (Å²) in [6.07, 6.45) is 1.84. The van der Waals surface area contributed by atoms with Crippen LogP contribution in [0.5, 0.6) is 0 Å². The molecule has 15 heavy (non-hydrogen) atoms. The molecule has 0 N–H and O–H groups in total. The Bertz CT molecular complexity index is 459. The minimum atomic E-state index is 0.393. The van der Waals surface area contributed by atoms with E-state index in [9.17, 15) is 0 Å². The average molecular weight is 226 g/mol. The number of halogens is 1. The van der Waals surface area contributed by atoms with Crippen LogP contribution in [0, 0.1) is 6.92 Å². The van der Waals surface area contributed by atoms with Crippen molar-refractivity contribution in [1.29, 1.82) is 0 Å². The monoisotopic (exact) mass is 225 g/mol. The fourth-order valence-electron chi connectivity index (χ4n) is 1.46. The first-order chi connectivity index (χ1) is 7.19. The zero-order chi connectivity index (χ0) is 10.8. The van der Waals surface area contributed by atoms with Crippen LogP contribution in [-0.2, 0) is 19.5 Å². The van der Waals surface area contributed by atoms with Gasteiger partial charge < -0.3 is 0 Å². The second kappa shape index (κ2) is 4.02. The summed E-state index contributed by atoms with van der Waals surface area (Å²) >= 11 is 5.65. The van der Waals surface area contributed by atoms with E-state index in [0.29, 0.717) is 12.4 Å². The SMILES string of the molecule is Cc1cc(Cn2cc(CCl)nn2)n(C)n1. The van der Waals surface area contributed by atoms with Gasteiger partial charge in [0.2, 0.25) is 0 Å². The summed E-state index contributed by atoms with van der Waals surface area (Å²) in [5.74, 6) is 0.393. The number of hydrogen-bond donors (Lipinski definition) is 0. The van der Waals surface area contributed by atoms with Crippen LogP contribution in [0.3, 0.4) is 0 Å². The third-order valence-electron chi connectivity index (χ3n) is 2.15. The molecule has 2 aromatic heterocycles. The second-order valence-electron chi connectivity index (χ2n) is 3.44. The maximum atomic E-state index is 5.65. The molecule has 0 amide bonds. The average Bonchev–Trinajstić information content (AvgIpc) is 2.75. The summed E-state index contributed by atoms with van der Waals surface area (Å²) in [6, 6.07) is 2.03. The van der Waals surface area contributed by atoms with Gasteiger partial charge in [0.1, 0.15) is 0 Å². The third kappa shape index (κ3) is 2.18. The van der Waals surface area contributed by atoms with Gasteiger partial charge in [0, 0.05) is 7.05 Å². The molecule has 2 aromatic rings. The standard InChI is InChI=1S/C9H12ClN5/c1-7-3-9(14(2)12-7)6-15-5-8(4-10)11-13-15/h3,5H,4,6H2,1-2H3. The number of nitrogens with zero attached hydrogens (tertiary/aromatic N) is 5. The highest BCUT2D eigenvalue weighted by molar-refractivity contribution is 6.16. The molecule has 5 nitrogen and oxygen atoms in total. The van der Waals surface area contributed by atoms with Crippen molar-refractivity contribution >= 4 is 11.6 Å². The zero-order valence-corrected chi connectivity index (χ0v) is 9.44. The molecule has 0 radical (unpaired) electrons. The molecule has 0 unspecified atom stereocenters. The first kappa shape index (κ1) is 10.2. The first-order valence-corrected chi connectivity index (χ1v) is 5.17. The molecule has 0 saturated carbocycles. The van der Waals surface area contributed by atoms with E-state index < -0.39 is 0 Å². The molecule has 0 spiro atoms. The minimum absolute atomic E-state index is 0.393. The smallest absolute Gasteiger partial charge is 0.0974 e. The molecule has 80 valence electrons. The Morgan fingerprint density at radius 2 is 2.27 bits per heavy atom. The summed E-state index contributed by atoms with van der Waals surface area (Å²) in [4.78, 5) is 0. The fraction of sp³-hybridized carbons (Fsp3) is 0.444. The van der Waals surface area contributed by atoms with Crippen LogP contribution in [0.25, 0.3) is 0 Å². The van der Waals surface area contributed by atoms with E-state index in [1.165, 1.54) is 0 Å². The van der Waals surface area contributed by atoms with Crippen molar-refractivity contribution in [2.24, 2.45) is 7.05 Å². The molecular weight excluding hydrogens is 214 g/mol. The predicted molar refractivity (Wildman–Crippen MR) is 56.6 cm³/mol. The van der Waals surface area contributed by atoms with E-state index >= 15 is 0 Å². The van der Waals surface area contributed by atoms with Gasteiger partial charge >= 0.3 is 0 Å². The maximum absolute atomic E-state index is 5.65. The van der Waals surface area contributed by atoms with Crippen LogP contribution in [-0.4, -0.2) is 24.8 Å². The van der Waals surface area contributed by atoms with Gasteiger partial charge in [-0.3, -0.25) is 4.68 Å². The lowest BCUT2D eigenvalue weighted by atomic mass is 10.3. The summed E-state index contributed by atoms with van der Waals surface area (Å²) in [7, 11) is 1.92. The zero-order valence-electron chi connectivity index (χ0n) is 8.68. The second-order valence-corrected chi connectivity index (χ2v) is 3.71. The van der Waals surface area contributed by atoms with E-state index in [1.54, 1.807) is 4.68 Å². The molecule has 0 bridgehead atoms. The molecule has 0 fully saturated rings. The van der Waals surface area contributed by atoms with Crippen molar-refractivity contribution < 1.29 is 0 Å². The fourth-order valence-corrected chi connectivity index (χ4v) is 1.58. The van der Waals surface area contributed by atoms with Crippen LogP contribution in [0.15, 0.2) is 12.3 Å². The Morgan fingerprint density at radius 1 is 1.47 bits per heavy atom. The van der Waals surface area contributed by atoms with Crippen LogP contribution in [0.4, 0.5) is 0 Å². The maximum Gasteiger partial charge on any atom is 0.0974 e. The van der Waals surface area contributed by atoms with Crippen LogP contribution in [0.1, 0.15) is 17.1 Å². The van der Waals surface area contributed by atoms with Crippen molar-refractivity contribution in [3.8, 4) is 0 Å². The quantitative estimate of drug-likeness (QED) is 0.736. The van der Waals surface area contributed by atoms with E-state index in [1.807, 2.05) is 30.9 Å². The molecule has 2 heterocycles. The molecule has 0 aliphatic carbocycles. The van der Waals surface area contributed by atoms with E-state index in [0.717, 1.165) is 17.1 Å². The highest BCUT2D eigenvalue weighted by Gasteiger charge is 2.04. The van der Waals surface area contributed by atoms with E-state index in [2.05, 4.69) is 15.4 Å². The molecule has 6 heteroatoms. The molecule has 0 aliphatic rings. The van der Waals surface area contributed by atoms with Crippen molar-refractivity contribution in [2.75, 3.05) is 0 Å². The van der Waals surface area contributed by atoms with Gasteiger partial charge in [-0.25, -0.2) is 4.68 Å². The summed E-state index contributed by atoms with van der Waals surface area (Å²) in [5, 5.41) is 12.2. The molecule has 0 atom stereocenters. The largest absolute Gasteiger partial charge is 0.270 e. The Hall–Kier alpha value is -1.36. The summed E-state index contributed by atoms with van der Waals surface area (Å²) < 4.78 is 3.60. The van der Waals surface area contributed by atoms with Gasteiger partial charge in [-0.2, -0.15) is 5.10 Å². The van der Waals surface area contributed by atoms with Gasteiger partial charge in [-0.1, -0.05) is 5.21 Å². The number of alkyl halides is 1. The lowest BCUT2D eigenvalue weighted by Crippen LogP contribution is -2.06. The minimum Gasteiger partial charge on any atom is -0.270 e. The predicted octanol–water partition coefficient (Wildman–Crippen LogP) is 1.11. The van der Waals surface area contributed by atoms with Gasteiger partial charge in [-0.15, -0.1) is 16.7 Å². The number of aromatic nitrogens is 5.